The van der Waals surface area contributed by atoms with Gasteiger partial charge in [0.15, 0.2) is 0 Å². The summed E-state index contributed by atoms with van der Waals surface area (Å²) in [6.07, 6.45) is 3.63. The third kappa shape index (κ3) is 1.66. The number of carbonyl (C=O) groups is 1. The van der Waals surface area contributed by atoms with Crippen molar-refractivity contribution in [3.63, 3.8) is 0 Å². The molecule has 1 aliphatic rings. The summed E-state index contributed by atoms with van der Waals surface area (Å²) in [5, 5.41) is 19.3. The van der Waals surface area contributed by atoms with Crippen molar-refractivity contribution < 1.29 is 15.0 Å². The third-order valence-electron chi connectivity index (χ3n) is 3.15. The molecule has 84 valence electrons. The van der Waals surface area contributed by atoms with E-state index in [-0.39, 0.29) is 5.76 Å². The van der Waals surface area contributed by atoms with Gasteiger partial charge in [-0.3, -0.25) is 4.79 Å². The molecule has 1 aliphatic carbocycles. The summed E-state index contributed by atoms with van der Waals surface area (Å²) in [7, 11) is 0. The molecule has 0 saturated carbocycles. The van der Waals surface area contributed by atoms with Crippen LogP contribution in [0.25, 0.3) is 0 Å². The van der Waals surface area contributed by atoms with Crippen molar-refractivity contribution in [1.29, 1.82) is 0 Å². The van der Waals surface area contributed by atoms with Gasteiger partial charge in [-0.1, -0.05) is 32.4 Å². The Morgan fingerprint density at radius 3 is 2.27 bits per heavy atom. The Hall–Kier alpha value is -1.25. The molecule has 15 heavy (non-hydrogen) atoms. The van der Waals surface area contributed by atoms with E-state index >= 15 is 0 Å². The number of hydrogen-bond donors (Lipinski definition) is 2. The third-order valence-corrected chi connectivity index (χ3v) is 3.15. The van der Waals surface area contributed by atoms with Crippen LogP contribution >= 0.6 is 0 Å². The average molecular weight is 210 g/mol. The molecule has 1 rings (SSSR count). The zero-order chi connectivity index (χ0) is 11.9. The first-order valence-electron chi connectivity index (χ1n) is 5.02. The fraction of sp³-hybridized carbons (Fsp3) is 0.583. The lowest BCUT2D eigenvalue weighted by molar-refractivity contribution is -0.155. The minimum absolute atomic E-state index is 0.0481. The van der Waals surface area contributed by atoms with E-state index in [1.165, 1.54) is 6.08 Å². The molecule has 0 spiro atoms. The highest BCUT2D eigenvalue weighted by Crippen LogP contribution is 2.50. The topological polar surface area (TPSA) is 57.5 Å². The van der Waals surface area contributed by atoms with E-state index in [4.69, 9.17) is 0 Å². The molecule has 0 fully saturated rings. The Morgan fingerprint density at radius 1 is 1.40 bits per heavy atom. The predicted octanol–water partition coefficient (Wildman–Crippen LogP) is 2.90. The van der Waals surface area contributed by atoms with Crippen molar-refractivity contribution in [3.8, 4) is 0 Å². The summed E-state index contributed by atoms with van der Waals surface area (Å²) in [4.78, 5) is 11.5. The van der Waals surface area contributed by atoms with Gasteiger partial charge < -0.3 is 10.2 Å². The van der Waals surface area contributed by atoms with Crippen molar-refractivity contribution in [2.45, 2.75) is 34.1 Å². The number of hydrogen-bond acceptors (Lipinski definition) is 2. The molecule has 1 atom stereocenters. The first-order valence-corrected chi connectivity index (χ1v) is 5.02. The van der Waals surface area contributed by atoms with Gasteiger partial charge >= 0.3 is 5.97 Å². The van der Waals surface area contributed by atoms with Gasteiger partial charge in [-0.15, -0.1) is 0 Å². The fourth-order valence-electron chi connectivity index (χ4n) is 2.09. The SMILES string of the molecule is CC1=CC=C(O)C(C(=O)O)(C(C)(C)C)C1. The Balaban J connectivity index is 3.33. The van der Waals surface area contributed by atoms with Crippen molar-refractivity contribution in [2.24, 2.45) is 10.8 Å². The lowest BCUT2D eigenvalue weighted by Gasteiger charge is -2.42. The van der Waals surface area contributed by atoms with Gasteiger partial charge in [0.2, 0.25) is 0 Å². The highest BCUT2D eigenvalue weighted by molar-refractivity contribution is 5.80. The normalized spacial score (nSPS) is 26.9. The van der Waals surface area contributed by atoms with E-state index < -0.39 is 16.8 Å². The van der Waals surface area contributed by atoms with Gasteiger partial charge in [-0.25, -0.2) is 0 Å². The van der Waals surface area contributed by atoms with Crippen LogP contribution < -0.4 is 0 Å². The van der Waals surface area contributed by atoms with E-state index in [0.717, 1.165) is 5.57 Å². The first kappa shape index (κ1) is 11.8. The number of rotatable bonds is 1. The Kier molecular flexibility index (Phi) is 2.68. The Labute approximate surface area is 90.1 Å². The molecule has 0 radical (unpaired) electrons. The van der Waals surface area contributed by atoms with E-state index in [1.54, 1.807) is 6.08 Å². The standard InChI is InChI=1S/C12H18O3/c1-8-5-6-9(13)12(7-8,10(14)15)11(2,3)4/h5-6,13H,7H2,1-4H3,(H,14,15). The van der Waals surface area contributed by atoms with Crippen LogP contribution in [0.4, 0.5) is 0 Å². The highest BCUT2D eigenvalue weighted by Gasteiger charge is 2.53. The van der Waals surface area contributed by atoms with Crippen LogP contribution in [-0.2, 0) is 4.79 Å². The van der Waals surface area contributed by atoms with E-state index in [1.807, 2.05) is 27.7 Å². The van der Waals surface area contributed by atoms with Crippen LogP contribution in [0.1, 0.15) is 34.1 Å². The van der Waals surface area contributed by atoms with Crippen LogP contribution in [0.15, 0.2) is 23.5 Å². The van der Waals surface area contributed by atoms with Crippen LogP contribution in [0.3, 0.4) is 0 Å². The maximum absolute atomic E-state index is 11.5. The van der Waals surface area contributed by atoms with E-state index in [2.05, 4.69) is 0 Å². The van der Waals surface area contributed by atoms with Gasteiger partial charge in [0, 0.05) is 0 Å². The summed E-state index contributed by atoms with van der Waals surface area (Å²) < 4.78 is 0. The zero-order valence-corrected chi connectivity index (χ0v) is 9.66. The lowest BCUT2D eigenvalue weighted by atomic mass is 9.61. The molecule has 0 aliphatic heterocycles. The molecule has 0 heterocycles. The van der Waals surface area contributed by atoms with E-state index in [0.29, 0.717) is 6.42 Å². The quantitative estimate of drug-likeness (QED) is 0.699. The number of carboxylic acid groups (broad SMARTS) is 1. The Bertz CT molecular complexity index is 344. The summed E-state index contributed by atoms with van der Waals surface area (Å²) in [6.45, 7) is 7.39. The molecule has 0 saturated heterocycles. The van der Waals surface area contributed by atoms with Crippen molar-refractivity contribution in [3.05, 3.63) is 23.5 Å². The van der Waals surface area contributed by atoms with Crippen LogP contribution in [0, 0.1) is 10.8 Å². The summed E-state index contributed by atoms with van der Waals surface area (Å²) in [5.41, 5.74) is -0.731. The second-order valence-corrected chi connectivity index (χ2v) is 5.20. The number of aliphatic hydroxyl groups is 1. The van der Waals surface area contributed by atoms with Gasteiger partial charge in [0.05, 0.1) is 0 Å². The summed E-state index contributed by atoms with van der Waals surface area (Å²) in [6, 6.07) is 0. The second-order valence-electron chi connectivity index (χ2n) is 5.20. The van der Waals surface area contributed by atoms with Crippen LogP contribution in [0.2, 0.25) is 0 Å². The van der Waals surface area contributed by atoms with E-state index in [9.17, 15) is 15.0 Å². The van der Waals surface area contributed by atoms with Crippen molar-refractivity contribution >= 4 is 5.97 Å². The van der Waals surface area contributed by atoms with Crippen molar-refractivity contribution in [2.75, 3.05) is 0 Å². The summed E-state index contributed by atoms with van der Waals surface area (Å²) >= 11 is 0. The molecule has 0 bridgehead atoms. The predicted molar refractivity (Wildman–Crippen MR) is 58.6 cm³/mol. The van der Waals surface area contributed by atoms with Crippen LogP contribution in [0.5, 0.6) is 0 Å². The molecule has 1 unspecified atom stereocenters. The summed E-state index contributed by atoms with van der Waals surface area (Å²) in [5.74, 6) is -1.01. The molecule has 3 nitrogen and oxygen atoms in total. The average Bonchev–Trinajstić information content (AvgIpc) is 2.06. The van der Waals surface area contributed by atoms with Gasteiger partial charge in [-0.2, -0.15) is 0 Å². The molecule has 3 heteroatoms. The molecular formula is C12H18O3. The van der Waals surface area contributed by atoms with Gasteiger partial charge in [-0.05, 0) is 24.8 Å². The van der Waals surface area contributed by atoms with Gasteiger partial charge in [0.25, 0.3) is 0 Å². The molecule has 0 amide bonds. The number of aliphatic hydroxyl groups excluding tert-OH is 1. The molecule has 0 aromatic rings. The minimum atomic E-state index is -1.19. The van der Waals surface area contributed by atoms with Gasteiger partial charge in [0.1, 0.15) is 11.2 Å². The molecule has 0 aromatic heterocycles. The lowest BCUT2D eigenvalue weighted by Crippen LogP contribution is -2.45. The monoisotopic (exact) mass is 210 g/mol. The largest absolute Gasteiger partial charge is 0.511 e. The fourth-order valence-corrected chi connectivity index (χ4v) is 2.09. The number of carboxylic acids is 1. The van der Waals surface area contributed by atoms with Crippen molar-refractivity contribution in [1.82, 2.24) is 0 Å². The second kappa shape index (κ2) is 3.40. The smallest absolute Gasteiger partial charge is 0.318 e. The zero-order valence-electron chi connectivity index (χ0n) is 9.66. The highest BCUT2D eigenvalue weighted by atomic mass is 16.4. The number of aliphatic carboxylic acids is 1. The minimum Gasteiger partial charge on any atom is -0.511 e. The molecular weight excluding hydrogens is 192 g/mol. The van der Waals surface area contributed by atoms with Crippen LogP contribution in [-0.4, -0.2) is 16.2 Å². The molecule has 0 aromatic carbocycles. The maximum Gasteiger partial charge on any atom is 0.318 e. The Morgan fingerprint density at radius 2 is 1.93 bits per heavy atom. The molecule has 2 N–H and O–H groups in total. The first-order chi connectivity index (χ1) is 6.72. The number of allylic oxidation sites excluding steroid dienone is 3. The maximum atomic E-state index is 11.5.